The van der Waals surface area contributed by atoms with E-state index >= 15 is 0 Å². The Kier molecular flexibility index (Phi) is 4.46. The van der Waals surface area contributed by atoms with Crippen LogP contribution in [0.4, 0.5) is 19.0 Å². The summed E-state index contributed by atoms with van der Waals surface area (Å²) in [6.45, 7) is 1.31. The van der Waals surface area contributed by atoms with Crippen molar-refractivity contribution >= 4 is 11.7 Å². The summed E-state index contributed by atoms with van der Waals surface area (Å²) in [6, 6.07) is 0. The molecule has 0 radical (unpaired) electrons. The number of nitrogens with zero attached hydrogens (tertiary/aromatic N) is 3. The third-order valence-electron chi connectivity index (χ3n) is 2.26. The zero-order chi connectivity index (χ0) is 13.8. The van der Waals surface area contributed by atoms with Crippen molar-refractivity contribution in [2.24, 2.45) is 0 Å². The van der Waals surface area contributed by atoms with Crippen molar-refractivity contribution < 1.29 is 18.0 Å². The lowest BCUT2D eigenvalue weighted by molar-refractivity contribution is -0.136. The summed E-state index contributed by atoms with van der Waals surface area (Å²) >= 11 is 0. The molecule has 1 heterocycles. The monoisotopic (exact) mass is 262 g/mol. The summed E-state index contributed by atoms with van der Waals surface area (Å²) in [6.07, 6.45) is -2.80. The minimum atomic E-state index is -4.30. The average Bonchev–Trinajstić information content (AvgIpc) is 2.28. The highest BCUT2D eigenvalue weighted by atomic mass is 19.4. The number of amides is 1. The number of alkyl halides is 3. The standard InChI is InChI=1S/C10H13F3N4O/c1-2-17(6-3-10(11,12)13)9(18)7-8(14)16-5-4-15-7/h4-5H,2-3,6H2,1H3,(H2,14,16). The Morgan fingerprint density at radius 2 is 2.00 bits per heavy atom. The summed E-state index contributed by atoms with van der Waals surface area (Å²) in [5.74, 6) is -0.736. The van der Waals surface area contributed by atoms with Gasteiger partial charge in [0, 0.05) is 25.5 Å². The second kappa shape index (κ2) is 5.65. The van der Waals surface area contributed by atoms with Gasteiger partial charge < -0.3 is 10.6 Å². The third-order valence-corrected chi connectivity index (χ3v) is 2.26. The number of hydrogen-bond donors (Lipinski definition) is 1. The van der Waals surface area contributed by atoms with Crippen LogP contribution in [0.5, 0.6) is 0 Å². The van der Waals surface area contributed by atoms with Crippen molar-refractivity contribution in [2.45, 2.75) is 19.5 Å². The van der Waals surface area contributed by atoms with Gasteiger partial charge in [-0.25, -0.2) is 9.97 Å². The molecule has 0 spiro atoms. The highest BCUT2D eigenvalue weighted by molar-refractivity contribution is 5.96. The van der Waals surface area contributed by atoms with Gasteiger partial charge in [-0.15, -0.1) is 0 Å². The van der Waals surface area contributed by atoms with Crippen molar-refractivity contribution in [3.05, 3.63) is 18.1 Å². The first-order valence-electron chi connectivity index (χ1n) is 5.27. The molecule has 0 saturated heterocycles. The normalized spacial score (nSPS) is 11.3. The molecule has 0 saturated carbocycles. The van der Waals surface area contributed by atoms with Crippen molar-refractivity contribution in [3.63, 3.8) is 0 Å². The Morgan fingerprint density at radius 1 is 1.39 bits per heavy atom. The molecular weight excluding hydrogens is 249 g/mol. The molecule has 5 nitrogen and oxygen atoms in total. The molecule has 1 aromatic rings. The van der Waals surface area contributed by atoms with Crippen molar-refractivity contribution in [3.8, 4) is 0 Å². The minimum Gasteiger partial charge on any atom is -0.382 e. The Hall–Kier alpha value is -1.86. The maximum atomic E-state index is 12.1. The Balaban J connectivity index is 2.77. The van der Waals surface area contributed by atoms with Crippen LogP contribution < -0.4 is 5.73 Å². The van der Waals surface area contributed by atoms with E-state index in [0.29, 0.717) is 0 Å². The fourth-order valence-electron chi connectivity index (χ4n) is 1.33. The van der Waals surface area contributed by atoms with Crippen LogP contribution >= 0.6 is 0 Å². The molecule has 0 aliphatic carbocycles. The van der Waals surface area contributed by atoms with Crippen molar-refractivity contribution in [1.29, 1.82) is 0 Å². The maximum Gasteiger partial charge on any atom is 0.390 e. The van der Waals surface area contributed by atoms with Crippen molar-refractivity contribution in [1.82, 2.24) is 14.9 Å². The summed E-state index contributed by atoms with van der Waals surface area (Å²) in [5.41, 5.74) is 5.33. The van der Waals surface area contributed by atoms with Crippen LogP contribution in [-0.2, 0) is 0 Å². The molecular formula is C10H13F3N4O. The van der Waals surface area contributed by atoms with Crippen LogP contribution in [-0.4, -0.2) is 40.0 Å². The highest BCUT2D eigenvalue weighted by Gasteiger charge is 2.29. The largest absolute Gasteiger partial charge is 0.390 e. The van der Waals surface area contributed by atoms with E-state index in [0.717, 1.165) is 4.90 Å². The highest BCUT2D eigenvalue weighted by Crippen LogP contribution is 2.20. The van der Waals surface area contributed by atoms with E-state index < -0.39 is 25.0 Å². The van der Waals surface area contributed by atoms with Gasteiger partial charge in [0.25, 0.3) is 5.91 Å². The third kappa shape index (κ3) is 3.86. The SMILES string of the molecule is CCN(CCC(F)(F)F)C(=O)c1nccnc1N. The molecule has 1 aromatic heterocycles. The van der Waals surface area contributed by atoms with Crippen LogP contribution in [0.15, 0.2) is 12.4 Å². The predicted molar refractivity (Wildman–Crippen MR) is 58.7 cm³/mol. The smallest absolute Gasteiger partial charge is 0.382 e. The van der Waals surface area contributed by atoms with Crippen LogP contribution in [0.2, 0.25) is 0 Å². The molecule has 2 N–H and O–H groups in total. The molecule has 18 heavy (non-hydrogen) atoms. The van der Waals surface area contributed by atoms with Gasteiger partial charge in [0.15, 0.2) is 11.5 Å². The molecule has 1 amide bonds. The number of nitrogen functional groups attached to an aromatic ring is 1. The first-order valence-corrected chi connectivity index (χ1v) is 5.27. The number of anilines is 1. The second-order valence-electron chi connectivity index (χ2n) is 3.54. The molecule has 8 heteroatoms. The van der Waals surface area contributed by atoms with Gasteiger partial charge in [0.2, 0.25) is 0 Å². The molecule has 0 unspecified atom stereocenters. The molecule has 1 rings (SSSR count). The quantitative estimate of drug-likeness (QED) is 0.891. The number of rotatable bonds is 4. The summed E-state index contributed by atoms with van der Waals surface area (Å²) < 4.78 is 36.3. The zero-order valence-electron chi connectivity index (χ0n) is 9.74. The first-order chi connectivity index (χ1) is 8.35. The Bertz CT molecular complexity index is 422. The Morgan fingerprint density at radius 3 is 2.50 bits per heavy atom. The second-order valence-corrected chi connectivity index (χ2v) is 3.54. The molecule has 0 aliphatic heterocycles. The van der Waals surface area contributed by atoms with Gasteiger partial charge in [-0.05, 0) is 6.92 Å². The lowest BCUT2D eigenvalue weighted by Gasteiger charge is -2.21. The number of aromatic nitrogens is 2. The fraction of sp³-hybridized carbons (Fsp3) is 0.500. The van der Waals surface area contributed by atoms with E-state index in [1.54, 1.807) is 6.92 Å². The molecule has 0 fully saturated rings. The van der Waals surface area contributed by atoms with Gasteiger partial charge in [-0.2, -0.15) is 13.2 Å². The van der Waals surface area contributed by atoms with Crippen LogP contribution in [0.25, 0.3) is 0 Å². The average molecular weight is 262 g/mol. The number of carbonyl (C=O) groups excluding carboxylic acids is 1. The molecule has 100 valence electrons. The van der Waals surface area contributed by atoms with E-state index in [-0.39, 0.29) is 18.1 Å². The zero-order valence-corrected chi connectivity index (χ0v) is 9.74. The summed E-state index contributed by atoms with van der Waals surface area (Å²) in [5, 5.41) is 0. The minimum absolute atomic E-state index is 0.0899. The molecule has 0 aliphatic rings. The number of hydrogen-bond acceptors (Lipinski definition) is 4. The van der Waals surface area contributed by atoms with Crippen molar-refractivity contribution in [2.75, 3.05) is 18.8 Å². The molecule has 0 bridgehead atoms. The van der Waals surface area contributed by atoms with Gasteiger partial charge in [0.1, 0.15) is 0 Å². The van der Waals surface area contributed by atoms with Gasteiger partial charge in [-0.3, -0.25) is 4.79 Å². The lowest BCUT2D eigenvalue weighted by Crippen LogP contribution is -2.35. The number of carbonyl (C=O) groups is 1. The van der Waals surface area contributed by atoms with E-state index in [1.807, 2.05) is 0 Å². The van der Waals surface area contributed by atoms with Gasteiger partial charge in [0.05, 0.1) is 6.42 Å². The maximum absolute atomic E-state index is 12.1. The molecule has 0 aromatic carbocycles. The number of nitrogens with two attached hydrogens (primary N) is 1. The van der Waals surface area contributed by atoms with E-state index in [2.05, 4.69) is 9.97 Å². The predicted octanol–water partition coefficient (Wildman–Crippen LogP) is 1.47. The van der Waals surface area contributed by atoms with Crippen LogP contribution in [0, 0.1) is 0 Å². The van der Waals surface area contributed by atoms with E-state index in [9.17, 15) is 18.0 Å². The fourth-order valence-corrected chi connectivity index (χ4v) is 1.33. The van der Waals surface area contributed by atoms with Crippen LogP contribution in [0.3, 0.4) is 0 Å². The van der Waals surface area contributed by atoms with Gasteiger partial charge in [-0.1, -0.05) is 0 Å². The topological polar surface area (TPSA) is 72.1 Å². The summed E-state index contributed by atoms with van der Waals surface area (Å²) in [4.78, 5) is 20.3. The number of halogens is 3. The Labute approximate surface area is 102 Å². The van der Waals surface area contributed by atoms with Crippen LogP contribution in [0.1, 0.15) is 23.8 Å². The van der Waals surface area contributed by atoms with E-state index in [1.165, 1.54) is 12.4 Å². The molecule has 0 atom stereocenters. The first kappa shape index (κ1) is 14.2. The summed E-state index contributed by atoms with van der Waals surface area (Å²) in [7, 11) is 0. The van der Waals surface area contributed by atoms with E-state index in [4.69, 9.17) is 5.73 Å². The lowest BCUT2D eigenvalue weighted by atomic mass is 10.3. The van der Waals surface area contributed by atoms with Gasteiger partial charge >= 0.3 is 6.18 Å².